The average Bonchev–Trinajstić information content (AvgIpc) is 3.09. The van der Waals surface area contributed by atoms with Crippen molar-refractivity contribution in [2.45, 2.75) is 31.8 Å². The van der Waals surface area contributed by atoms with Gasteiger partial charge in [-0.3, -0.25) is 4.79 Å². The topological polar surface area (TPSA) is 47.6 Å². The van der Waals surface area contributed by atoms with E-state index in [1.54, 1.807) is 24.3 Å². The van der Waals surface area contributed by atoms with Crippen molar-refractivity contribution in [3.8, 4) is 11.5 Å². The van der Waals surface area contributed by atoms with E-state index in [4.69, 9.17) is 9.47 Å². The smallest absolute Gasteiger partial charge is 0.262 e. The van der Waals surface area contributed by atoms with Gasteiger partial charge >= 0.3 is 0 Å². The molecule has 1 fully saturated rings. The predicted octanol–water partition coefficient (Wildman–Crippen LogP) is 4.16. The Labute approximate surface area is 140 Å². The Hall–Kier alpha value is -2.56. The fourth-order valence-corrected chi connectivity index (χ4v) is 2.72. The minimum atomic E-state index is -0.487. The zero-order chi connectivity index (χ0) is 16.8. The lowest BCUT2D eigenvalue weighted by molar-refractivity contribution is -0.118. The molecule has 0 atom stereocenters. The summed E-state index contributed by atoms with van der Waals surface area (Å²) in [4.78, 5) is 11.9. The molecule has 24 heavy (non-hydrogen) atoms. The van der Waals surface area contributed by atoms with Gasteiger partial charge in [0.2, 0.25) is 0 Å². The van der Waals surface area contributed by atoms with Crippen LogP contribution in [0.15, 0.2) is 48.5 Å². The van der Waals surface area contributed by atoms with Crippen molar-refractivity contribution >= 4 is 11.6 Å². The Morgan fingerprint density at radius 1 is 1.08 bits per heavy atom. The van der Waals surface area contributed by atoms with Gasteiger partial charge in [-0.25, -0.2) is 4.39 Å². The Kier molecular flexibility index (Phi) is 5.31. The lowest BCUT2D eigenvalue weighted by Crippen LogP contribution is -2.20. The van der Waals surface area contributed by atoms with Gasteiger partial charge in [-0.1, -0.05) is 12.1 Å². The highest BCUT2D eigenvalue weighted by molar-refractivity contribution is 5.91. The quantitative estimate of drug-likeness (QED) is 0.865. The maximum atomic E-state index is 13.4. The standard InChI is InChI=1S/C19H20FNO3/c20-17-7-3-4-8-18(17)23-13-19(22)21-14-9-11-16(12-10-14)24-15-5-1-2-6-15/h3-4,7-12,15H,1-2,5-6,13H2,(H,21,22). The van der Waals surface area contributed by atoms with E-state index in [9.17, 15) is 9.18 Å². The van der Waals surface area contributed by atoms with E-state index in [1.807, 2.05) is 12.1 Å². The van der Waals surface area contributed by atoms with Crippen molar-refractivity contribution in [3.63, 3.8) is 0 Å². The number of rotatable bonds is 6. The molecule has 5 heteroatoms. The van der Waals surface area contributed by atoms with Gasteiger partial charge < -0.3 is 14.8 Å². The lowest BCUT2D eigenvalue weighted by Gasteiger charge is -2.13. The summed E-state index contributed by atoms with van der Waals surface area (Å²) in [6.45, 7) is -0.249. The fraction of sp³-hybridized carbons (Fsp3) is 0.316. The maximum Gasteiger partial charge on any atom is 0.262 e. The van der Waals surface area contributed by atoms with Crippen LogP contribution >= 0.6 is 0 Å². The van der Waals surface area contributed by atoms with Crippen LogP contribution < -0.4 is 14.8 Å². The van der Waals surface area contributed by atoms with Crippen molar-refractivity contribution in [2.75, 3.05) is 11.9 Å². The molecule has 1 amide bonds. The van der Waals surface area contributed by atoms with E-state index in [1.165, 1.54) is 25.0 Å². The number of carbonyl (C=O) groups is 1. The Morgan fingerprint density at radius 3 is 2.50 bits per heavy atom. The number of hydrogen-bond donors (Lipinski definition) is 1. The largest absolute Gasteiger partial charge is 0.490 e. The predicted molar refractivity (Wildman–Crippen MR) is 89.9 cm³/mol. The van der Waals surface area contributed by atoms with Gasteiger partial charge in [-0.05, 0) is 62.1 Å². The molecule has 0 radical (unpaired) electrons. The van der Waals surface area contributed by atoms with E-state index >= 15 is 0 Å². The first-order chi connectivity index (χ1) is 11.7. The van der Waals surface area contributed by atoms with Gasteiger partial charge in [-0.15, -0.1) is 0 Å². The molecule has 0 heterocycles. The first kappa shape index (κ1) is 16.3. The van der Waals surface area contributed by atoms with Crippen molar-refractivity contribution in [1.82, 2.24) is 0 Å². The molecule has 0 saturated heterocycles. The molecule has 3 rings (SSSR count). The molecule has 0 bridgehead atoms. The van der Waals surface area contributed by atoms with E-state index < -0.39 is 5.82 Å². The van der Waals surface area contributed by atoms with Gasteiger partial charge in [0, 0.05) is 5.69 Å². The number of carbonyl (C=O) groups excluding carboxylic acids is 1. The second-order valence-electron chi connectivity index (χ2n) is 5.82. The Bertz CT molecular complexity index is 681. The van der Waals surface area contributed by atoms with Crippen molar-refractivity contribution in [3.05, 3.63) is 54.3 Å². The second kappa shape index (κ2) is 7.81. The SMILES string of the molecule is O=C(COc1ccccc1F)Nc1ccc(OC2CCCC2)cc1. The Balaban J connectivity index is 1.48. The summed E-state index contributed by atoms with van der Waals surface area (Å²) in [5, 5.41) is 2.71. The number of amides is 1. The number of halogens is 1. The van der Waals surface area contributed by atoms with Crippen LogP contribution in [0, 0.1) is 5.82 Å². The fourth-order valence-electron chi connectivity index (χ4n) is 2.72. The first-order valence-electron chi connectivity index (χ1n) is 8.14. The maximum absolute atomic E-state index is 13.4. The third-order valence-corrected chi connectivity index (χ3v) is 3.94. The highest BCUT2D eigenvalue weighted by Gasteiger charge is 2.16. The molecule has 1 aliphatic rings. The minimum Gasteiger partial charge on any atom is -0.490 e. The summed E-state index contributed by atoms with van der Waals surface area (Å²) in [6, 6.07) is 13.2. The number of hydrogen-bond acceptors (Lipinski definition) is 3. The number of para-hydroxylation sites is 1. The van der Waals surface area contributed by atoms with Crippen LogP contribution in [0.3, 0.4) is 0 Å². The third-order valence-electron chi connectivity index (χ3n) is 3.94. The van der Waals surface area contributed by atoms with Gasteiger partial charge in [-0.2, -0.15) is 0 Å². The average molecular weight is 329 g/mol. The molecule has 1 saturated carbocycles. The third kappa shape index (κ3) is 4.47. The van der Waals surface area contributed by atoms with Gasteiger partial charge in [0.15, 0.2) is 18.2 Å². The Morgan fingerprint density at radius 2 is 1.79 bits per heavy atom. The molecule has 2 aromatic rings. The zero-order valence-corrected chi connectivity index (χ0v) is 13.3. The summed E-state index contributed by atoms with van der Waals surface area (Å²) in [6.07, 6.45) is 4.96. The zero-order valence-electron chi connectivity index (χ0n) is 13.3. The van der Waals surface area contributed by atoms with Gasteiger partial charge in [0.25, 0.3) is 5.91 Å². The highest BCUT2D eigenvalue weighted by atomic mass is 19.1. The molecular formula is C19H20FNO3. The van der Waals surface area contributed by atoms with Crippen LogP contribution in [0.1, 0.15) is 25.7 Å². The number of nitrogens with one attached hydrogen (secondary N) is 1. The molecule has 0 aromatic heterocycles. The van der Waals surface area contributed by atoms with Crippen molar-refractivity contribution in [1.29, 1.82) is 0 Å². The van der Waals surface area contributed by atoms with Crippen molar-refractivity contribution < 1.29 is 18.7 Å². The van der Waals surface area contributed by atoms with E-state index in [2.05, 4.69) is 5.32 Å². The molecular weight excluding hydrogens is 309 g/mol. The molecule has 126 valence electrons. The first-order valence-corrected chi connectivity index (χ1v) is 8.14. The summed E-state index contributed by atoms with van der Waals surface area (Å²) in [5.74, 6) is 0.0388. The molecule has 4 nitrogen and oxygen atoms in total. The molecule has 1 aliphatic carbocycles. The van der Waals surface area contributed by atoms with Gasteiger partial charge in [0.1, 0.15) is 5.75 Å². The summed E-state index contributed by atoms with van der Waals surface area (Å²) >= 11 is 0. The molecule has 1 N–H and O–H groups in total. The monoisotopic (exact) mass is 329 g/mol. The second-order valence-corrected chi connectivity index (χ2v) is 5.82. The highest BCUT2D eigenvalue weighted by Crippen LogP contribution is 2.25. The van der Waals surface area contributed by atoms with E-state index in [-0.39, 0.29) is 18.3 Å². The van der Waals surface area contributed by atoms with E-state index in [0.29, 0.717) is 11.8 Å². The van der Waals surface area contributed by atoms with Crippen LogP contribution in [-0.2, 0) is 4.79 Å². The number of benzene rings is 2. The molecule has 0 spiro atoms. The normalized spacial score (nSPS) is 14.4. The van der Waals surface area contributed by atoms with Crippen LogP contribution in [-0.4, -0.2) is 18.6 Å². The minimum absolute atomic E-state index is 0.0629. The summed E-state index contributed by atoms with van der Waals surface area (Å²) < 4.78 is 24.5. The number of ether oxygens (including phenoxy) is 2. The van der Waals surface area contributed by atoms with Crippen molar-refractivity contribution in [2.24, 2.45) is 0 Å². The van der Waals surface area contributed by atoms with Crippen LogP contribution in [0.4, 0.5) is 10.1 Å². The number of anilines is 1. The summed E-state index contributed by atoms with van der Waals surface area (Å²) in [5.41, 5.74) is 0.649. The molecule has 2 aromatic carbocycles. The van der Waals surface area contributed by atoms with Crippen LogP contribution in [0.2, 0.25) is 0 Å². The van der Waals surface area contributed by atoms with Crippen LogP contribution in [0.5, 0.6) is 11.5 Å². The lowest BCUT2D eigenvalue weighted by atomic mass is 10.2. The van der Waals surface area contributed by atoms with Crippen LogP contribution in [0.25, 0.3) is 0 Å². The molecule has 0 aliphatic heterocycles. The van der Waals surface area contributed by atoms with Gasteiger partial charge in [0.05, 0.1) is 6.10 Å². The molecule has 0 unspecified atom stereocenters. The summed E-state index contributed by atoms with van der Waals surface area (Å²) in [7, 11) is 0. The van der Waals surface area contributed by atoms with E-state index in [0.717, 1.165) is 18.6 Å².